The van der Waals surface area contributed by atoms with E-state index in [9.17, 15) is 4.57 Å². The van der Waals surface area contributed by atoms with Crippen LogP contribution in [0.2, 0.25) is 0 Å². The van der Waals surface area contributed by atoms with Crippen LogP contribution in [0.3, 0.4) is 0 Å². The van der Waals surface area contributed by atoms with E-state index in [0.29, 0.717) is 12.8 Å². The van der Waals surface area contributed by atoms with Crippen molar-refractivity contribution in [2.24, 2.45) is 0 Å². The Kier molecular flexibility index (Phi) is 10.5. The van der Waals surface area contributed by atoms with E-state index in [-0.39, 0.29) is 13.2 Å². The molecule has 0 aromatic carbocycles. The highest BCUT2D eigenvalue weighted by Gasteiger charge is 2.25. The Morgan fingerprint density at radius 2 is 1.50 bits per heavy atom. The van der Waals surface area contributed by atoms with E-state index < -0.39 is 7.82 Å². The van der Waals surface area contributed by atoms with Crippen molar-refractivity contribution in [1.29, 1.82) is 0 Å². The SMILES string of the molecule is O=P(OCl)(OCCCBr)OCCCBr. The molecular weight excluding hydrogens is 362 g/mol. The summed E-state index contributed by atoms with van der Waals surface area (Å²) in [6.07, 6.45) is 1.43. The van der Waals surface area contributed by atoms with Gasteiger partial charge in [0.2, 0.25) is 0 Å². The van der Waals surface area contributed by atoms with Crippen molar-refractivity contribution in [3.63, 3.8) is 0 Å². The van der Waals surface area contributed by atoms with E-state index in [0.717, 1.165) is 10.7 Å². The molecule has 0 unspecified atom stereocenters. The van der Waals surface area contributed by atoms with Crippen LogP contribution in [0.25, 0.3) is 0 Å². The van der Waals surface area contributed by atoms with Crippen molar-refractivity contribution in [3.8, 4) is 0 Å². The van der Waals surface area contributed by atoms with Gasteiger partial charge in [-0.15, -0.1) is 0 Å². The van der Waals surface area contributed by atoms with Gasteiger partial charge in [0.1, 0.15) is 0 Å². The van der Waals surface area contributed by atoms with E-state index in [2.05, 4.69) is 35.9 Å². The van der Waals surface area contributed by atoms with Gasteiger partial charge in [-0.1, -0.05) is 31.9 Å². The molecule has 0 fully saturated rings. The van der Waals surface area contributed by atoms with Gasteiger partial charge in [0.25, 0.3) is 0 Å². The van der Waals surface area contributed by atoms with Crippen molar-refractivity contribution in [1.82, 2.24) is 0 Å². The first-order valence-corrected chi connectivity index (χ1v) is 8.01. The maximum absolute atomic E-state index is 11.5. The average Bonchev–Trinajstić information content (AvgIpc) is 2.19. The lowest BCUT2D eigenvalue weighted by atomic mass is 10.5. The predicted octanol–water partition coefficient (Wildman–Crippen LogP) is 3.87. The Morgan fingerprint density at radius 3 is 1.79 bits per heavy atom. The van der Waals surface area contributed by atoms with Crippen LogP contribution in [0.1, 0.15) is 12.8 Å². The molecule has 0 spiro atoms. The van der Waals surface area contributed by atoms with Crippen LogP contribution in [0.5, 0.6) is 0 Å². The van der Waals surface area contributed by atoms with Gasteiger partial charge in [0, 0.05) is 10.7 Å². The van der Waals surface area contributed by atoms with Crippen LogP contribution < -0.4 is 0 Å². The second-order valence-electron chi connectivity index (χ2n) is 2.27. The fraction of sp³-hybridized carbons (Fsp3) is 1.00. The van der Waals surface area contributed by atoms with Crippen molar-refractivity contribution in [2.75, 3.05) is 23.9 Å². The van der Waals surface area contributed by atoms with Crippen molar-refractivity contribution < 1.29 is 17.7 Å². The molecule has 0 aliphatic heterocycles. The van der Waals surface area contributed by atoms with Crippen molar-refractivity contribution >= 4 is 51.5 Å². The first-order valence-electron chi connectivity index (χ1n) is 4.00. The molecular formula is C6H12Br2ClO4P. The van der Waals surface area contributed by atoms with E-state index in [1.54, 1.807) is 0 Å². The largest absolute Gasteiger partial charge is 0.491 e. The van der Waals surface area contributed by atoms with E-state index in [1.165, 1.54) is 0 Å². The summed E-state index contributed by atoms with van der Waals surface area (Å²) < 4.78 is 25.5. The smallest absolute Gasteiger partial charge is 0.286 e. The minimum absolute atomic E-state index is 0.281. The minimum atomic E-state index is -3.54. The van der Waals surface area contributed by atoms with Gasteiger partial charge < -0.3 is 0 Å². The summed E-state index contributed by atoms with van der Waals surface area (Å²) >= 11 is 11.5. The van der Waals surface area contributed by atoms with Gasteiger partial charge in [-0.25, -0.2) is 4.57 Å². The third-order valence-corrected chi connectivity index (χ3v) is 3.93. The minimum Gasteiger partial charge on any atom is -0.286 e. The number of hydrogen-bond donors (Lipinski definition) is 0. The topological polar surface area (TPSA) is 44.8 Å². The van der Waals surface area contributed by atoms with E-state index in [4.69, 9.17) is 20.9 Å². The molecule has 0 atom stereocenters. The molecule has 4 nitrogen and oxygen atoms in total. The maximum atomic E-state index is 11.5. The molecule has 14 heavy (non-hydrogen) atoms. The highest BCUT2D eigenvalue weighted by Crippen LogP contribution is 2.50. The highest BCUT2D eigenvalue weighted by atomic mass is 79.9. The Morgan fingerprint density at radius 1 is 1.07 bits per heavy atom. The van der Waals surface area contributed by atoms with Gasteiger partial charge in [-0.3, -0.25) is 9.05 Å². The molecule has 0 saturated carbocycles. The Bertz CT molecular complexity index is 169. The lowest BCUT2D eigenvalue weighted by Gasteiger charge is -2.13. The number of alkyl halides is 2. The molecule has 0 aliphatic carbocycles. The molecule has 0 N–H and O–H groups in total. The van der Waals surface area contributed by atoms with Crippen molar-refractivity contribution in [2.45, 2.75) is 12.8 Å². The van der Waals surface area contributed by atoms with Gasteiger partial charge in [-0.2, -0.15) is 4.08 Å². The van der Waals surface area contributed by atoms with Gasteiger partial charge >= 0.3 is 7.82 Å². The predicted molar refractivity (Wildman–Crippen MR) is 63.3 cm³/mol. The number of rotatable bonds is 9. The Labute approximate surface area is 106 Å². The maximum Gasteiger partial charge on any atom is 0.491 e. The fourth-order valence-corrected chi connectivity index (χ4v) is 2.10. The van der Waals surface area contributed by atoms with Gasteiger partial charge in [-0.05, 0) is 12.8 Å². The van der Waals surface area contributed by atoms with Crippen LogP contribution in [-0.2, 0) is 17.7 Å². The van der Waals surface area contributed by atoms with E-state index >= 15 is 0 Å². The molecule has 0 radical (unpaired) electrons. The molecule has 0 saturated heterocycles. The molecule has 86 valence electrons. The molecule has 0 rings (SSSR count). The standard InChI is InChI=1S/C6H12Br2ClO4P/c7-3-1-5-11-14(10,13-9)12-6-2-4-8/h1-6H2. The van der Waals surface area contributed by atoms with Crippen LogP contribution in [-0.4, -0.2) is 23.9 Å². The second-order valence-corrected chi connectivity index (χ2v) is 5.82. The third kappa shape index (κ3) is 7.63. The van der Waals surface area contributed by atoms with Crippen molar-refractivity contribution in [3.05, 3.63) is 0 Å². The second kappa shape index (κ2) is 9.58. The number of hydrogen-bond acceptors (Lipinski definition) is 4. The normalized spacial score (nSPS) is 11.9. The monoisotopic (exact) mass is 372 g/mol. The molecule has 0 amide bonds. The van der Waals surface area contributed by atoms with Crippen LogP contribution >= 0.6 is 51.5 Å². The Hall–Kier alpha value is 1.36. The highest BCUT2D eigenvalue weighted by molar-refractivity contribution is 9.09. The molecule has 0 aromatic rings. The molecule has 0 bridgehead atoms. The third-order valence-electron chi connectivity index (χ3n) is 1.14. The first-order chi connectivity index (χ1) is 6.68. The average molecular weight is 374 g/mol. The summed E-state index contributed by atoms with van der Waals surface area (Å²) in [5, 5.41) is 1.52. The van der Waals surface area contributed by atoms with E-state index in [1.807, 2.05) is 0 Å². The van der Waals surface area contributed by atoms with Gasteiger partial charge in [0.05, 0.1) is 25.1 Å². The lowest BCUT2D eigenvalue weighted by Crippen LogP contribution is -2.00. The van der Waals surface area contributed by atoms with Crippen LogP contribution in [0.15, 0.2) is 0 Å². The summed E-state index contributed by atoms with van der Waals surface area (Å²) in [6.45, 7) is 0.563. The molecule has 8 heteroatoms. The molecule has 0 aliphatic rings. The number of halogens is 3. The summed E-state index contributed by atoms with van der Waals surface area (Å²) in [5.41, 5.74) is 0. The first kappa shape index (κ1) is 15.4. The summed E-state index contributed by atoms with van der Waals surface area (Å²) in [7, 11) is -3.54. The molecule has 0 aromatic heterocycles. The van der Waals surface area contributed by atoms with Crippen LogP contribution in [0.4, 0.5) is 0 Å². The number of phosphoric acid groups is 1. The summed E-state index contributed by atoms with van der Waals surface area (Å²) in [4.78, 5) is 0. The quantitative estimate of drug-likeness (QED) is 0.349. The zero-order valence-electron chi connectivity index (χ0n) is 7.46. The van der Waals surface area contributed by atoms with Crippen LogP contribution in [0, 0.1) is 0 Å². The Balaban J connectivity index is 3.74. The zero-order chi connectivity index (χ0) is 10.9. The number of phosphoric ester groups is 1. The summed E-state index contributed by atoms with van der Waals surface area (Å²) in [6, 6.07) is 0. The lowest BCUT2D eigenvalue weighted by molar-refractivity contribution is 0.160. The van der Waals surface area contributed by atoms with Gasteiger partial charge in [0.15, 0.2) is 0 Å². The fourth-order valence-electron chi connectivity index (χ4n) is 0.539. The summed E-state index contributed by atoms with van der Waals surface area (Å²) in [5.74, 6) is 0. The molecule has 0 heterocycles. The zero-order valence-corrected chi connectivity index (χ0v) is 12.3.